The number of halogens is 1. The number of rotatable bonds is 2. The van der Waals surface area contributed by atoms with Gasteiger partial charge in [-0.1, -0.05) is 11.6 Å². The maximum Gasteiger partial charge on any atom is 0.253 e. The molecular weight excluding hydrogens is 312 g/mol. The molecule has 0 radical (unpaired) electrons. The number of aryl methyl sites for hydroxylation is 1. The van der Waals surface area contributed by atoms with E-state index in [1.807, 2.05) is 17.9 Å². The van der Waals surface area contributed by atoms with Crippen molar-refractivity contribution >= 4 is 17.5 Å². The van der Waals surface area contributed by atoms with Crippen LogP contribution in [-0.4, -0.2) is 60.1 Å². The van der Waals surface area contributed by atoms with Gasteiger partial charge in [0.1, 0.15) is 0 Å². The third-order valence-corrected chi connectivity index (χ3v) is 6.13. The minimum atomic E-state index is -0.0420. The van der Waals surface area contributed by atoms with E-state index in [4.69, 9.17) is 11.6 Å². The number of likely N-dealkylation sites (tertiary alicyclic amines) is 2. The quantitative estimate of drug-likeness (QED) is 0.902. The van der Waals surface area contributed by atoms with Gasteiger partial charge in [0.15, 0.2) is 0 Å². The summed E-state index contributed by atoms with van der Waals surface area (Å²) in [6, 6.07) is 5.70. The molecule has 0 saturated carbocycles. The molecule has 2 saturated heterocycles. The van der Waals surface area contributed by atoms with Gasteiger partial charge in [0, 0.05) is 35.1 Å². The maximum atomic E-state index is 12.8. The minimum Gasteiger partial charge on any atom is -0.396 e. The van der Waals surface area contributed by atoms with Crippen LogP contribution in [0.15, 0.2) is 18.2 Å². The Labute approximate surface area is 143 Å². The fourth-order valence-corrected chi connectivity index (χ4v) is 4.28. The molecule has 1 amide bonds. The molecular formula is C18H25ClN2O2. The predicted octanol–water partition coefficient (Wildman–Crippen LogP) is 2.57. The highest BCUT2D eigenvalue weighted by Gasteiger charge is 2.47. The Kier molecular flexibility index (Phi) is 4.68. The Balaban J connectivity index is 1.80. The molecule has 2 aliphatic heterocycles. The normalized spacial score (nSPS) is 28.5. The van der Waals surface area contributed by atoms with Gasteiger partial charge in [-0.3, -0.25) is 4.79 Å². The fourth-order valence-electron chi connectivity index (χ4n) is 4.16. The molecule has 1 N–H and O–H groups in total. The predicted molar refractivity (Wildman–Crippen MR) is 91.9 cm³/mol. The van der Waals surface area contributed by atoms with Crippen molar-refractivity contribution in [2.24, 2.45) is 5.41 Å². The number of hydrogen-bond donors (Lipinski definition) is 1. The SMILES string of the molecule is Cc1cc(C(=O)N2CC[C@@]3(CO)CCCN(C)[C@@H]3C2)ccc1Cl. The van der Waals surface area contributed by atoms with Gasteiger partial charge in [-0.15, -0.1) is 0 Å². The van der Waals surface area contributed by atoms with E-state index in [1.165, 1.54) is 0 Å². The molecule has 0 bridgehead atoms. The van der Waals surface area contributed by atoms with E-state index in [2.05, 4.69) is 11.9 Å². The second kappa shape index (κ2) is 6.42. The van der Waals surface area contributed by atoms with E-state index in [9.17, 15) is 9.90 Å². The molecule has 2 aliphatic rings. The summed E-state index contributed by atoms with van der Waals surface area (Å²) >= 11 is 6.06. The Morgan fingerprint density at radius 2 is 2.17 bits per heavy atom. The Bertz CT molecular complexity index is 607. The van der Waals surface area contributed by atoms with Crippen molar-refractivity contribution in [2.75, 3.05) is 33.3 Å². The number of hydrogen-bond acceptors (Lipinski definition) is 3. The van der Waals surface area contributed by atoms with Crippen LogP contribution in [0.4, 0.5) is 0 Å². The molecule has 3 rings (SSSR count). The first-order valence-electron chi connectivity index (χ1n) is 8.33. The van der Waals surface area contributed by atoms with E-state index in [0.717, 1.165) is 31.4 Å². The standard InChI is InChI=1S/C18H25ClN2O2/c1-13-10-14(4-5-15(13)19)17(23)21-9-7-18(12-22)6-3-8-20(2)16(18)11-21/h4-5,10,16,22H,3,6-9,11-12H2,1-2H3/t16-,18-/m1/s1. The van der Waals surface area contributed by atoms with Gasteiger partial charge in [-0.05, 0) is 63.5 Å². The first-order valence-corrected chi connectivity index (χ1v) is 8.71. The van der Waals surface area contributed by atoms with Crippen molar-refractivity contribution < 1.29 is 9.90 Å². The summed E-state index contributed by atoms with van der Waals surface area (Å²) in [5, 5.41) is 10.6. The monoisotopic (exact) mass is 336 g/mol. The average molecular weight is 337 g/mol. The molecule has 2 fully saturated rings. The number of amides is 1. The van der Waals surface area contributed by atoms with Gasteiger partial charge < -0.3 is 14.9 Å². The number of carbonyl (C=O) groups excluding carboxylic acids is 1. The van der Waals surface area contributed by atoms with Crippen LogP contribution in [0.25, 0.3) is 0 Å². The Morgan fingerprint density at radius 1 is 1.39 bits per heavy atom. The van der Waals surface area contributed by atoms with Crippen LogP contribution < -0.4 is 0 Å². The van der Waals surface area contributed by atoms with Crippen LogP contribution in [0, 0.1) is 12.3 Å². The topological polar surface area (TPSA) is 43.8 Å². The summed E-state index contributed by atoms with van der Waals surface area (Å²) in [6.45, 7) is 4.57. The highest BCUT2D eigenvalue weighted by Crippen LogP contribution is 2.41. The molecule has 2 atom stereocenters. The lowest BCUT2D eigenvalue weighted by molar-refractivity contribution is -0.0601. The summed E-state index contributed by atoms with van der Waals surface area (Å²) in [6.07, 6.45) is 3.05. The molecule has 4 nitrogen and oxygen atoms in total. The van der Waals surface area contributed by atoms with Crippen LogP contribution in [-0.2, 0) is 0 Å². The third-order valence-electron chi connectivity index (χ3n) is 5.70. The summed E-state index contributed by atoms with van der Waals surface area (Å²) in [5.41, 5.74) is 1.58. The Morgan fingerprint density at radius 3 is 2.87 bits per heavy atom. The number of fused-ring (bicyclic) bond motifs is 1. The van der Waals surface area contributed by atoms with Crippen LogP contribution >= 0.6 is 11.6 Å². The molecule has 0 unspecified atom stereocenters. The smallest absolute Gasteiger partial charge is 0.253 e. The van der Waals surface area contributed by atoms with E-state index in [0.29, 0.717) is 23.7 Å². The van der Waals surface area contributed by atoms with Gasteiger partial charge in [0.2, 0.25) is 0 Å². The first-order chi connectivity index (χ1) is 11.0. The number of aliphatic hydroxyl groups excluding tert-OH is 1. The second-order valence-corrected chi connectivity index (χ2v) is 7.49. The zero-order valence-corrected chi connectivity index (χ0v) is 14.6. The lowest BCUT2D eigenvalue weighted by Crippen LogP contribution is -2.62. The number of piperidine rings is 2. The highest BCUT2D eigenvalue weighted by molar-refractivity contribution is 6.31. The highest BCUT2D eigenvalue weighted by atomic mass is 35.5. The van der Waals surface area contributed by atoms with Gasteiger partial charge in [-0.25, -0.2) is 0 Å². The minimum absolute atomic E-state index is 0.0420. The number of aliphatic hydroxyl groups is 1. The molecule has 0 aromatic heterocycles. The number of carbonyl (C=O) groups is 1. The van der Waals surface area contributed by atoms with Crippen molar-refractivity contribution in [2.45, 2.75) is 32.2 Å². The van der Waals surface area contributed by atoms with Crippen LogP contribution in [0.5, 0.6) is 0 Å². The summed E-state index contributed by atoms with van der Waals surface area (Å²) < 4.78 is 0. The average Bonchev–Trinajstić information content (AvgIpc) is 2.56. The molecule has 23 heavy (non-hydrogen) atoms. The van der Waals surface area contributed by atoms with Gasteiger partial charge >= 0.3 is 0 Å². The lowest BCUT2D eigenvalue weighted by atomic mass is 9.69. The zero-order chi connectivity index (χ0) is 16.6. The van der Waals surface area contributed by atoms with Gasteiger partial charge in [0.05, 0.1) is 6.61 Å². The van der Waals surface area contributed by atoms with Gasteiger partial charge in [0.25, 0.3) is 5.91 Å². The van der Waals surface area contributed by atoms with Crippen molar-refractivity contribution in [1.82, 2.24) is 9.80 Å². The lowest BCUT2D eigenvalue weighted by Gasteiger charge is -2.53. The van der Waals surface area contributed by atoms with E-state index in [-0.39, 0.29) is 24.0 Å². The largest absolute Gasteiger partial charge is 0.396 e. The molecule has 126 valence electrons. The second-order valence-electron chi connectivity index (χ2n) is 7.09. The Hall–Kier alpha value is -1.10. The molecule has 0 aliphatic carbocycles. The molecule has 1 aromatic carbocycles. The van der Waals surface area contributed by atoms with E-state index >= 15 is 0 Å². The van der Waals surface area contributed by atoms with Gasteiger partial charge in [-0.2, -0.15) is 0 Å². The molecule has 1 aromatic rings. The van der Waals surface area contributed by atoms with Crippen molar-refractivity contribution in [3.63, 3.8) is 0 Å². The molecule has 5 heteroatoms. The fraction of sp³-hybridized carbons (Fsp3) is 0.611. The van der Waals surface area contributed by atoms with E-state index in [1.54, 1.807) is 12.1 Å². The number of benzene rings is 1. The third kappa shape index (κ3) is 3.00. The summed E-state index contributed by atoms with van der Waals surface area (Å²) in [5.74, 6) is 0.0651. The van der Waals surface area contributed by atoms with Crippen LogP contribution in [0.3, 0.4) is 0 Å². The molecule has 2 heterocycles. The van der Waals surface area contributed by atoms with Crippen molar-refractivity contribution in [3.05, 3.63) is 34.3 Å². The first kappa shape index (κ1) is 16.7. The van der Waals surface area contributed by atoms with E-state index < -0.39 is 0 Å². The van der Waals surface area contributed by atoms with Crippen molar-refractivity contribution in [3.8, 4) is 0 Å². The number of likely N-dealkylation sites (N-methyl/N-ethyl adjacent to an activating group) is 1. The van der Waals surface area contributed by atoms with Crippen LogP contribution in [0.1, 0.15) is 35.2 Å². The number of nitrogens with zero attached hydrogens (tertiary/aromatic N) is 2. The molecule has 0 spiro atoms. The summed E-state index contributed by atoms with van der Waals surface area (Å²) in [7, 11) is 2.11. The summed E-state index contributed by atoms with van der Waals surface area (Å²) in [4.78, 5) is 17.1. The van der Waals surface area contributed by atoms with Crippen LogP contribution in [0.2, 0.25) is 5.02 Å². The van der Waals surface area contributed by atoms with Crippen molar-refractivity contribution in [1.29, 1.82) is 0 Å². The zero-order valence-electron chi connectivity index (χ0n) is 13.9. The maximum absolute atomic E-state index is 12.8.